The summed E-state index contributed by atoms with van der Waals surface area (Å²) in [7, 11) is 0. The quantitative estimate of drug-likeness (QED) is 0.831. The van der Waals surface area contributed by atoms with E-state index in [1.165, 1.54) is 0 Å². The van der Waals surface area contributed by atoms with Gasteiger partial charge in [0.05, 0.1) is 12.6 Å². The van der Waals surface area contributed by atoms with Gasteiger partial charge in [0.2, 0.25) is 5.91 Å². The van der Waals surface area contributed by atoms with Gasteiger partial charge in [-0.2, -0.15) is 0 Å². The molecule has 0 aliphatic heterocycles. The van der Waals surface area contributed by atoms with Crippen molar-refractivity contribution in [3.05, 3.63) is 65.7 Å². The second-order valence-corrected chi connectivity index (χ2v) is 6.98. The van der Waals surface area contributed by atoms with Crippen LogP contribution in [0.4, 0.5) is 0 Å². The number of carbonyl (C=O) groups excluding carboxylic acids is 1. The highest BCUT2D eigenvalue weighted by Crippen LogP contribution is 2.28. The Morgan fingerprint density at radius 1 is 1.12 bits per heavy atom. The van der Waals surface area contributed by atoms with E-state index in [1.54, 1.807) is 0 Å². The number of nitrogens with two attached hydrogens (primary N) is 1. The van der Waals surface area contributed by atoms with E-state index < -0.39 is 0 Å². The summed E-state index contributed by atoms with van der Waals surface area (Å²) in [6, 6.07) is 18.0. The maximum absolute atomic E-state index is 12.9. The number of amides is 1. The maximum atomic E-state index is 12.9. The van der Waals surface area contributed by atoms with Crippen LogP contribution in [0.3, 0.4) is 0 Å². The van der Waals surface area contributed by atoms with Crippen molar-refractivity contribution >= 4 is 5.91 Å². The molecule has 138 valence electrons. The molecule has 2 aromatic rings. The molecule has 0 spiro atoms. The molecule has 4 heteroatoms. The molecule has 3 atom stereocenters. The predicted octanol–water partition coefficient (Wildman–Crippen LogP) is 3.81. The van der Waals surface area contributed by atoms with Crippen LogP contribution >= 0.6 is 0 Å². The van der Waals surface area contributed by atoms with Crippen LogP contribution in [0.15, 0.2) is 54.6 Å². The number of rotatable bonds is 6. The van der Waals surface area contributed by atoms with Crippen molar-refractivity contribution in [3.8, 4) is 5.75 Å². The van der Waals surface area contributed by atoms with E-state index in [4.69, 9.17) is 10.5 Å². The molecule has 3 N–H and O–H groups in total. The first kappa shape index (κ1) is 18.5. The summed E-state index contributed by atoms with van der Waals surface area (Å²) >= 11 is 0. The molecule has 1 amide bonds. The molecule has 4 nitrogen and oxygen atoms in total. The van der Waals surface area contributed by atoms with Gasteiger partial charge in [-0.15, -0.1) is 0 Å². The van der Waals surface area contributed by atoms with Gasteiger partial charge < -0.3 is 15.8 Å². The zero-order chi connectivity index (χ0) is 18.4. The Bertz CT molecular complexity index is 700. The van der Waals surface area contributed by atoms with Crippen molar-refractivity contribution in [2.24, 2.45) is 11.7 Å². The summed E-state index contributed by atoms with van der Waals surface area (Å²) in [6.45, 7) is 2.61. The van der Waals surface area contributed by atoms with Crippen molar-refractivity contribution in [3.63, 3.8) is 0 Å². The number of ether oxygens (including phenoxy) is 1. The molecule has 0 aromatic heterocycles. The van der Waals surface area contributed by atoms with Gasteiger partial charge in [-0.25, -0.2) is 0 Å². The number of nitrogens with one attached hydrogen (secondary N) is 1. The second kappa shape index (κ2) is 8.86. The molecule has 0 radical (unpaired) electrons. The van der Waals surface area contributed by atoms with Gasteiger partial charge in [-0.1, -0.05) is 48.9 Å². The smallest absolute Gasteiger partial charge is 0.223 e. The van der Waals surface area contributed by atoms with Gasteiger partial charge in [0, 0.05) is 12.0 Å². The predicted molar refractivity (Wildman–Crippen MR) is 104 cm³/mol. The lowest BCUT2D eigenvalue weighted by atomic mass is 9.85. The number of carbonyl (C=O) groups is 1. The molecule has 0 saturated heterocycles. The number of benzene rings is 2. The van der Waals surface area contributed by atoms with Gasteiger partial charge in [0.1, 0.15) is 5.75 Å². The maximum Gasteiger partial charge on any atom is 0.223 e. The van der Waals surface area contributed by atoms with E-state index >= 15 is 0 Å². The summed E-state index contributed by atoms with van der Waals surface area (Å²) in [6.07, 6.45) is 3.74. The topological polar surface area (TPSA) is 64.3 Å². The van der Waals surface area contributed by atoms with E-state index in [2.05, 4.69) is 5.32 Å². The van der Waals surface area contributed by atoms with Crippen LogP contribution in [-0.2, 0) is 4.79 Å². The monoisotopic (exact) mass is 352 g/mol. The third-order valence-electron chi connectivity index (χ3n) is 5.03. The molecular formula is C22H28N2O2. The highest BCUT2D eigenvalue weighted by molar-refractivity contribution is 5.79. The van der Waals surface area contributed by atoms with E-state index in [-0.39, 0.29) is 23.9 Å². The Kier molecular flexibility index (Phi) is 6.29. The molecular weight excluding hydrogens is 324 g/mol. The molecule has 3 unspecified atom stereocenters. The largest absolute Gasteiger partial charge is 0.494 e. The Labute approximate surface area is 155 Å². The Morgan fingerprint density at radius 2 is 1.81 bits per heavy atom. The second-order valence-electron chi connectivity index (χ2n) is 6.98. The minimum atomic E-state index is -0.169. The van der Waals surface area contributed by atoms with Gasteiger partial charge in [-0.05, 0) is 49.4 Å². The SMILES string of the molecule is CCOc1ccc(C(NC(=O)C2CCCC(N)C2)c2ccccc2)cc1. The third-order valence-corrected chi connectivity index (χ3v) is 5.03. The van der Waals surface area contributed by atoms with Gasteiger partial charge in [-0.3, -0.25) is 4.79 Å². The van der Waals surface area contributed by atoms with Crippen LogP contribution in [0, 0.1) is 5.92 Å². The van der Waals surface area contributed by atoms with Crippen LogP contribution in [-0.4, -0.2) is 18.6 Å². The highest BCUT2D eigenvalue weighted by Gasteiger charge is 2.27. The molecule has 2 aromatic carbocycles. The van der Waals surface area contributed by atoms with E-state index in [1.807, 2.05) is 61.5 Å². The van der Waals surface area contributed by atoms with Crippen molar-refractivity contribution in [1.82, 2.24) is 5.32 Å². The van der Waals surface area contributed by atoms with Gasteiger partial charge in [0.15, 0.2) is 0 Å². The fourth-order valence-electron chi connectivity index (χ4n) is 3.65. The molecule has 1 fully saturated rings. The van der Waals surface area contributed by atoms with E-state index in [0.29, 0.717) is 6.61 Å². The third kappa shape index (κ3) is 4.64. The fourth-order valence-corrected chi connectivity index (χ4v) is 3.65. The first-order valence-electron chi connectivity index (χ1n) is 9.51. The summed E-state index contributed by atoms with van der Waals surface area (Å²) in [5, 5.41) is 3.26. The molecule has 0 heterocycles. The first-order valence-corrected chi connectivity index (χ1v) is 9.51. The first-order chi connectivity index (χ1) is 12.7. The van der Waals surface area contributed by atoms with Crippen LogP contribution in [0.25, 0.3) is 0 Å². The molecule has 0 bridgehead atoms. The fraction of sp³-hybridized carbons (Fsp3) is 0.409. The van der Waals surface area contributed by atoms with Gasteiger partial charge >= 0.3 is 0 Å². The average molecular weight is 352 g/mol. The van der Waals surface area contributed by atoms with Crippen LogP contribution in [0.5, 0.6) is 5.75 Å². The summed E-state index contributed by atoms with van der Waals surface area (Å²) < 4.78 is 5.53. The van der Waals surface area contributed by atoms with Crippen molar-refractivity contribution in [2.45, 2.75) is 44.7 Å². The lowest BCUT2D eigenvalue weighted by Crippen LogP contribution is -2.39. The molecule has 26 heavy (non-hydrogen) atoms. The van der Waals surface area contributed by atoms with Crippen LogP contribution in [0.2, 0.25) is 0 Å². The lowest BCUT2D eigenvalue weighted by Gasteiger charge is -2.28. The van der Waals surface area contributed by atoms with Gasteiger partial charge in [0.25, 0.3) is 0 Å². The summed E-state index contributed by atoms with van der Waals surface area (Å²) in [5.74, 6) is 0.947. The van der Waals surface area contributed by atoms with Crippen LogP contribution in [0.1, 0.15) is 49.8 Å². The Balaban J connectivity index is 1.80. The highest BCUT2D eigenvalue weighted by atomic mass is 16.5. The Hall–Kier alpha value is -2.33. The summed E-state index contributed by atoms with van der Waals surface area (Å²) in [4.78, 5) is 12.9. The van der Waals surface area contributed by atoms with Crippen molar-refractivity contribution in [1.29, 1.82) is 0 Å². The Morgan fingerprint density at radius 3 is 2.46 bits per heavy atom. The zero-order valence-electron chi connectivity index (χ0n) is 15.4. The van der Waals surface area contributed by atoms with E-state index in [9.17, 15) is 4.79 Å². The number of hydrogen-bond acceptors (Lipinski definition) is 3. The minimum absolute atomic E-state index is 0.00709. The molecule has 3 rings (SSSR count). The molecule has 1 saturated carbocycles. The minimum Gasteiger partial charge on any atom is -0.494 e. The van der Waals surface area contributed by atoms with E-state index in [0.717, 1.165) is 42.6 Å². The molecule has 1 aliphatic rings. The zero-order valence-corrected chi connectivity index (χ0v) is 15.4. The average Bonchev–Trinajstić information content (AvgIpc) is 2.68. The summed E-state index contributed by atoms with van der Waals surface area (Å²) in [5.41, 5.74) is 8.19. The number of hydrogen-bond donors (Lipinski definition) is 2. The lowest BCUT2D eigenvalue weighted by molar-refractivity contribution is -0.126. The van der Waals surface area contributed by atoms with Crippen molar-refractivity contribution in [2.75, 3.05) is 6.61 Å². The van der Waals surface area contributed by atoms with Crippen molar-refractivity contribution < 1.29 is 9.53 Å². The molecule has 1 aliphatic carbocycles. The van der Waals surface area contributed by atoms with Crippen LogP contribution < -0.4 is 15.8 Å². The standard InChI is InChI=1S/C22H28N2O2/c1-2-26-20-13-11-17(12-14-20)21(16-7-4-3-5-8-16)24-22(25)18-9-6-10-19(23)15-18/h3-5,7-8,11-14,18-19,21H,2,6,9-10,15,23H2,1H3,(H,24,25). The normalized spacial score (nSPS) is 21.0.